The Balaban J connectivity index is 5.10. The van der Waals surface area contributed by atoms with Crippen molar-refractivity contribution < 1.29 is 80.2 Å². The molecule has 0 fully saturated rings. The van der Waals surface area contributed by atoms with Crippen LogP contribution < -0.4 is 0 Å². The maximum atomic E-state index is 12.9. The van der Waals surface area contributed by atoms with Crippen molar-refractivity contribution in [2.24, 2.45) is 11.8 Å². The molecule has 0 saturated carbocycles. The van der Waals surface area contributed by atoms with E-state index in [-0.39, 0.29) is 25.7 Å². The van der Waals surface area contributed by atoms with E-state index in [1.807, 2.05) is 0 Å². The minimum absolute atomic E-state index is 0.0984. The number of carbonyl (C=O) groups is 4. The third-order valence-electron chi connectivity index (χ3n) is 13.2. The molecule has 17 nitrogen and oxygen atoms in total. The first kappa shape index (κ1) is 75.1. The second kappa shape index (κ2) is 51.0. The Kier molecular flexibility index (Phi) is 49.7. The van der Waals surface area contributed by atoms with Gasteiger partial charge in [0.15, 0.2) is 12.2 Å². The Hall–Kier alpha value is -1.94. The van der Waals surface area contributed by atoms with Crippen molar-refractivity contribution in [1.29, 1.82) is 0 Å². The molecule has 2 unspecified atom stereocenters. The molecule has 19 heteroatoms. The van der Waals surface area contributed by atoms with Crippen LogP contribution in [0.4, 0.5) is 0 Å². The largest absolute Gasteiger partial charge is 0.472 e. The van der Waals surface area contributed by atoms with Crippen LogP contribution in [-0.2, 0) is 65.4 Å². The van der Waals surface area contributed by atoms with E-state index >= 15 is 0 Å². The summed E-state index contributed by atoms with van der Waals surface area (Å²) in [5.41, 5.74) is 0. The monoisotopic (exact) mass is 1140 g/mol. The zero-order valence-electron chi connectivity index (χ0n) is 49.2. The van der Waals surface area contributed by atoms with E-state index < -0.39 is 97.5 Å². The van der Waals surface area contributed by atoms with E-state index in [4.69, 9.17) is 37.0 Å². The lowest BCUT2D eigenvalue weighted by Gasteiger charge is -2.21. The summed E-state index contributed by atoms with van der Waals surface area (Å²) in [6.07, 6.45) is 31.6. The molecule has 0 aromatic carbocycles. The van der Waals surface area contributed by atoms with Gasteiger partial charge in [0.1, 0.15) is 19.3 Å². The number of aliphatic hydroxyl groups is 1. The second-order valence-corrected chi connectivity index (χ2v) is 24.9. The summed E-state index contributed by atoms with van der Waals surface area (Å²) in [4.78, 5) is 71.4. The highest BCUT2D eigenvalue weighted by Gasteiger charge is 2.30. The smallest absolute Gasteiger partial charge is 0.462 e. The third kappa shape index (κ3) is 53.2. The number of carbonyl (C=O) groups excluding carboxylic acids is 4. The van der Waals surface area contributed by atoms with Crippen LogP contribution in [0.25, 0.3) is 0 Å². The molecule has 0 aromatic rings. The predicted molar refractivity (Wildman–Crippen MR) is 303 cm³/mol. The van der Waals surface area contributed by atoms with E-state index in [1.165, 1.54) is 83.5 Å². The molecular weight excluding hydrogens is 1030 g/mol. The first-order valence-electron chi connectivity index (χ1n) is 30.5. The predicted octanol–water partition coefficient (Wildman–Crippen LogP) is 15.3. The normalized spacial score (nSPS) is 14.5. The quantitative estimate of drug-likeness (QED) is 0.0222. The molecule has 0 bridgehead atoms. The highest BCUT2D eigenvalue weighted by Crippen LogP contribution is 2.45. The molecule has 0 rings (SSSR count). The molecule has 5 atom stereocenters. The molecule has 0 aliphatic heterocycles. The van der Waals surface area contributed by atoms with E-state index in [1.54, 1.807) is 0 Å². The first-order chi connectivity index (χ1) is 36.9. The van der Waals surface area contributed by atoms with Gasteiger partial charge in [0.2, 0.25) is 0 Å². The molecular formula is C58H112O17P2. The fourth-order valence-corrected chi connectivity index (χ4v) is 10.0. The summed E-state index contributed by atoms with van der Waals surface area (Å²) in [7, 11) is -9.86. The van der Waals surface area contributed by atoms with Crippen molar-refractivity contribution in [1.82, 2.24) is 0 Å². The van der Waals surface area contributed by atoms with Gasteiger partial charge in [-0.05, 0) is 37.5 Å². The van der Waals surface area contributed by atoms with E-state index in [9.17, 15) is 43.2 Å². The van der Waals surface area contributed by atoms with Gasteiger partial charge >= 0.3 is 39.5 Å². The van der Waals surface area contributed by atoms with Gasteiger partial charge in [-0.3, -0.25) is 37.3 Å². The summed E-state index contributed by atoms with van der Waals surface area (Å²) in [6.45, 7) is 9.23. The van der Waals surface area contributed by atoms with Gasteiger partial charge in [-0.15, -0.1) is 0 Å². The third-order valence-corrected chi connectivity index (χ3v) is 15.1. The van der Waals surface area contributed by atoms with E-state index in [2.05, 4.69) is 41.5 Å². The molecule has 0 aliphatic rings. The first-order valence-corrected chi connectivity index (χ1v) is 33.5. The molecule has 0 heterocycles. The van der Waals surface area contributed by atoms with Crippen LogP contribution in [0.1, 0.15) is 279 Å². The van der Waals surface area contributed by atoms with Gasteiger partial charge in [-0.1, -0.05) is 228 Å². The lowest BCUT2D eigenvalue weighted by atomic mass is 10.0. The maximum Gasteiger partial charge on any atom is 0.472 e. The molecule has 0 aromatic heterocycles. The summed E-state index contributed by atoms with van der Waals surface area (Å²) < 4.78 is 67.3. The SMILES string of the molecule is CCCCCCCC(=O)OC[C@H](COP(=O)(O)OC[C@H](O)COP(=O)(O)OC[C@@H](COC(=O)CCCCCCCCCC(C)C)OC(=O)CCCCCCCCCCCCCCCCC(C)C)OC(=O)CCCCCCC. The number of hydrogen-bond donors (Lipinski definition) is 3. The van der Waals surface area contributed by atoms with Crippen LogP contribution in [-0.4, -0.2) is 96.7 Å². The van der Waals surface area contributed by atoms with Crippen molar-refractivity contribution >= 4 is 39.5 Å². The van der Waals surface area contributed by atoms with Gasteiger partial charge in [-0.25, -0.2) is 9.13 Å². The van der Waals surface area contributed by atoms with Crippen LogP contribution in [0, 0.1) is 11.8 Å². The number of phosphoric ester groups is 2. The number of aliphatic hydroxyl groups excluding tert-OH is 1. The van der Waals surface area contributed by atoms with Crippen LogP contribution in [0.15, 0.2) is 0 Å². The number of unbranched alkanes of at least 4 members (excludes halogenated alkanes) is 27. The highest BCUT2D eigenvalue weighted by molar-refractivity contribution is 7.47. The Labute approximate surface area is 467 Å². The maximum absolute atomic E-state index is 12.9. The fraction of sp³-hybridized carbons (Fsp3) is 0.931. The minimum Gasteiger partial charge on any atom is -0.462 e. The van der Waals surface area contributed by atoms with Crippen molar-refractivity contribution in [3.8, 4) is 0 Å². The van der Waals surface area contributed by atoms with Gasteiger partial charge in [0.05, 0.1) is 26.4 Å². The molecule has 0 saturated heterocycles. The van der Waals surface area contributed by atoms with E-state index in [0.717, 1.165) is 109 Å². The molecule has 456 valence electrons. The number of esters is 4. The van der Waals surface area contributed by atoms with E-state index in [0.29, 0.717) is 31.6 Å². The average molecular weight is 1140 g/mol. The number of phosphoric acid groups is 2. The van der Waals surface area contributed by atoms with Crippen LogP contribution in [0.2, 0.25) is 0 Å². The minimum atomic E-state index is -4.94. The van der Waals surface area contributed by atoms with Crippen LogP contribution >= 0.6 is 15.6 Å². The van der Waals surface area contributed by atoms with Crippen molar-refractivity contribution in [2.75, 3.05) is 39.6 Å². The zero-order chi connectivity index (χ0) is 57.3. The molecule has 0 spiro atoms. The standard InChI is InChI=1S/C58H112O17P2/c1-7-9-11-26-34-40-55(60)68-46-53(74-57(62)42-36-27-12-10-8-2)48-72-76(64,65)70-44-52(59)45-71-77(66,67)73-49-54(47-69-56(61)41-35-30-25-21-23-29-33-39-51(5)6)75-58(63)43-37-31-24-20-18-16-14-13-15-17-19-22-28-32-38-50(3)4/h50-54,59H,7-49H2,1-6H3,(H,64,65)(H,66,67)/t52-,53+,54+/m0/s1. The summed E-state index contributed by atoms with van der Waals surface area (Å²) in [6, 6.07) is 0. The van der Waals surface area contributed by atoms with Gasteiger partial charge in [0.25, 0.3) is 0 Å². The average Bonchev–Trinajstić information content (AvgIpc) is 3.38. The highest BCUT2D eigenvalue weighted by atomic mass is 31.2. The van der Waals surface area contributed by atoms with Crippen LogP contribution in [0.5, 0.6) is 0 Å². The van der Waals surface area contributed by atoms with Gasteiger partial charge in [-0.2, -0.15) is 0 Å². The van der Waals surface area contributed by atoms with Crippen molar-refractivity contribution in [3.05, 3.63) is 0 Å². The summed E-state index contributed by atoms with van der Waals surface area (Å²) in [5.74, 6) is -0.665. The molecule has 0 radical (unpaired) electrons. The summed E-state index contributed by atoms with van der Waals surface area (Å²) in [5, 5.41) is 10.4. The lowest BCUT2D eigenvalue weighted by Crippen LogP contribution is -2.30. The fourth-order valence-electron chi connectivity index (χ4n) is 8.47. The molecule has 3 N–H and O–H groups in total. The zero-order valence-corrected chi connectivity index (χ0v) is 51.0. The van der Waals surface area contributed by atoms with Crippen LogP contribution in [0.3, 0.4) is 0 Å². The van der Waals surface area contributed by atoms with Crippen molar-refractivity contribution in [2.45, 2.75) is 297 Å². The topological polar surface area (TPSA) is 237 Å². The molecule has 0 amide bonds. The number of rotatable bonds is 57. The van der Waals surface area contributed by atoms with Gasteiger partial charge < -0.3 is 33.8 Å². The Morgan fingerprint density at radius 3 is 0.883 bits per heavy atom. The van der Waals surface area contributed by atoms with Crippen molar-refractivity contribution in [3.63, 3.8) is 0 Å². The molecule has 77 heavy (non-hydrogen) atoms. The number of hydrogen-bond acceptors (Lipinski definition) is 15. The summed E-state index contributed by atoms with van der Waals surface area (Å²) >= 11 is 0. The Morgan fingerprint density at radius 2 is 0.597 bits per heavy atom. The number of ether oxygens (including phenoxy) is 4. The Bertz CT molecular complexity index is 1530. The molecule has 0 aliphatic carbocycles. The van der Waals surface area contributed by atoms with Gasteiger partial charge in [0, 0.05) is 25.7 Å². The Morgan fingerprint density at radius 1 is 0.351 bits per heavy atom. The second-order valence-electron chi connectivity index (χ2n) is 22.0. The lowest BCUT2D eigenvalue weighted by molar-refractivity contribution is -0.161.